The summed E-state index contributed by atoms with van der Waals surface area (Å²) in [7, 11) is -2.47. The molecule has 0 aliphatic rings. The third kappa shape index (κ3) is 4.29. The van der Waals surface area contributed by atoms with Gasteiger partial charge in [0.2, 0.25) is 0 Å². The molecule has 0 bridgehead atoms. The predicted octanol–water partition coefficient (Wildman–Crippen LogP) is 3.89. The first-order valence-electron chi connectivity index (χ1n) is 8.99. The molecule has 0 aromatic heterocycles. The zero-order valence-corrected chi connectivity index (χ0v) is 16.8. The van der Waals surface area contributed by atoms with E-state index >= 15 is 0 Å². The van der Waals surface area contributed by atoms with Crippen LogP contribution in [0.25, 0.3) is 0 Å². The molecule has 0 fully saturated rings. The summed E-state index contributed by atoms with van der Waals surface area (Å²) < 4.78 is 6.75. The van der Waals surface area contributed by atoms with E-state index in [0.717, 1.165) is 12.0 Å². The van der Waals surface area contributed by atoms with Gasteiger partial charge in [-0.3, -0.25) is 0 Å². The summed E-state index contributed by atoms with van der Waals surface area (Å²) >= 11 is 0. The van der Waals surface area contributed by atoms with Crippen LogP contribution in [0.2, 0.25) is 5.04 Å². The Balaban J connectivity index is 2.55. The van der Waals surface area contributed by atoms with Gasteiger partial charge in [-0.05, 0) is 27.4 Å². The summed E-state index contributed by atoms with van der Waals surface area (Å²) in [5.41, 5.74) is 1.03. The van der Waals surface area contributed by atoms with Gasteiger partial charge in [-0.1, -0.05) is 94.4 Å². The molecule has 1 N–H and O–H groups in total. The summed E-state index contributed by atoms with van der Waals surface area (Å²) in [6.07, 6.45) is 2.89. The summed E-state index contributed by atoms with van der Waals surface area (Å²) in [4.78, 5) is 0. The lowest BCUT2D eigenvalue weighted by Crippen LogP contribution is -2.66. The molecule has 0 saturated heterocycles. The van der Waals surface area contributed by atoms with Crippen LogP contribution >= 0.6 is 0 Å². The number of rotatable bonds is 7. The normalized spacial score (nSPS) is 13.1. The van der Waals surface area contributed by atoms with Gasteiger partial charge in [-0.15, -0.1) is 0 Å². The molecule has 2 aromatic carbocycles. The van der Waals surface area contributed by atoms with Crippen LogP contribution in [0.5, 0.6) is 0 Å². The second kappa shape index (κ2) is 8.61. The molecule has 0 heterocycles. The molecule has 0 radical (unpaired) electrons. The number of aliphatic hydroxyl groups excluding tert-OH is 1. The molecule has 0 spiro atoms. The number of hydrogen-bond donors (Lipinski definition) is 1. The first kappa shape index (κ1) is 19.6. The third-order valence-corrected chi connectivity index (χ3v) is 9.75. The zero-order valence-electron chi connectivity index (χ0n) is 15.8. The van der Waals surface area contributed by atoms with E-state index in [1.165, 1.54) is 10.4 Å². The molecule has 2 rings (SSSR count). The van der Waals surface area contributed by atoms with Crippen LogP contribution in [0.4, 0.5) is 0 Å². The van der Waals surface area contributed by atoms with Crippen molar-refractivity contribution in [2.45, 2.75) is 39.2 Å². The Morgan fingerprint density at radius 1 is 0.960 bits per heavy atom. The summed E-state index contributed by atoms with van der Waals surface area (Å²) in [6, 6.07) is 21.3. The van der Waals surface area contributed by atoms with E-state index in [1.54, 1.807) is 0 Å². The molecule has 0 unspecified atom stereocenters. The van der Waals surface area contributed by atoms with Crippen molar-refractivity contribution >= 4 is 18.7 Å². The van der Waals surface area contributed by atoms with E-state index in [0.29, 0.717) is 6.61 Å². The van der Waals surface area contributed by atoms with E-state index in [-0.39, 0.29) is 11.6 Å². The molecule has 0 amide bonds. The Labute approximate surface area is 153 Å². The van der Waals surface area contributed by atoms with Gasteiger partial charge in [0, 0.05) is 0 Å². The van der Waals surface area contributed by atoms with Crippen LogP contribution in [-0.4, -0.2) is 26.6 Å². The van der Waals surface area contributed by atoms with Gasteiger partial charge in [0.1, 0.15) is 0 Å². The van der Waals surface area contributed by atoms with Crippen LogP contribution in [0.3, 0.4) is 0 Å². The van der Waals surface area contributed by atoms with Crippen LogP contribution in [0.15, 0.2) is 72.3 Å². The lowest BCUT2D eigenvalue weighted by atomic mass is 10.2. The van der Waals surface area contributed by atoms with Crippen molar-refractivity contribution in [1.82, 2.24) is 0 Å². The Hall–Kier alpha value is -1.68. The number of hydrogen-bond acceptors (Lipinski definition) is 2. The summed E-state index contributed by atoms with van der Waals surface area (Å²) in [6.45, 7) is 9.50. The Morgan fingerprint density at radius 3 is 1.80 bits per heavy atom. The Bertz CT molecular complexity index is 627. The molecule has 25 heavy (non-hydrogen) atoms. The van der Waals surface area contributed by atoms with Crippen LogP contribution in [-0.2, 0) is 4.43 Å². The van der Waals surface area contributed by atoms with Gasteiger partial charge in [-0.2, -0.15) is 0 Å². The van der Waals surface area contributed by atoms with Crippen LogP contribution in [0, 0.1) is 0 Å². The quantitative estimate of drug-likeness (QED) is 0.604. The monoisotopic (exact) mass is 354 g/mol. The third-order valence-electron chi connectivity index (χ3n) is 4.75. The second-order valence-corrected chi connectivity index (χ2v) is 11.7. The molecule has 0 saturated carbocycles. The maximum Gasteiger partial charge on any atom is 0.261 e. The average Bonchev–Trinajstić information content (AvgIpc) is 2.62. The first-order valence-corrected chi connectivity index (χ1v) is 10.9. The molecule has 0 atom stereocenters. The largest absolute Gasteiger partial charge is 0.404 e. The standard InChI is InChI=1S/C22H30O2Si/c1-5-19(18-23)16-17-24-25(22(2,3)4,20-12-8-6-9-13-20)21-14-10-7-11-15-21/h6-16,23H,5,17-18H2,1-4H3/b19-16+. The highest BCUT2D eigenvalue weighted by molar-refractivity contribution is 6.99. The SMILES string of the molecule is CC/C(=C\CO[Si](c1ccccc1)(c1ccccc1)C(C)(C)C)CO. The van der Waals surface area contributed by atoms with Crippen molar-refractivity contribution in [1.29, 1.82) is 0 Å². The lowest BCUT2D eigenvalue weighted by molar-refractivity contribution is 0.316. The van der Waals surface area contributed by atoms with Gasteiger partial charge in [0.25, 0.3) is 8.32 Å². The van der Waals surface area contributed by atoms with Gasteiger partial charge in [-0.25, -0.2) is 0 Å². The highest BCUT2D eigenvalue weighted by Crippen LogP contribution is 2.36. The molecular weight excluding hydrogens is 324 g/mol. The number of benzene rings is 2. The summed E-state index contributed by atoms with van der Waals surface area (Å²) in [5, 5.41) is 12.0. The molecule has 3 heteroatoms. The number of aliphatic hydroxyl groups is 1. The first-order chi connectivity index (χ1) is 12.0. The van der Waals surface area contributed by atoms with Crippen molar-refractivity contribution in [3.63, 3.8) is 0 Å². The van der Waals surface area contributed by atoms with E-state index < -0.39 is 8.32 Å². The summed E-state index contributed by atoms with van der Waals surface area (Å²) in [5.74, 6) is 0. The van der Waals surface area contributed by atoms with Crippen molar-refractivity contribution in [3.05, 3.63) is 72.3 Å². The molecule has 134 valence electrons. The van der Waals surface area contributed by atoms with Gasteiger partial charge >= 0.3 is 0 Å². The zero-order chi connectivity index (χ0) is 18.3. The van der Waals surface area contributed by atoms with E-state index in [1.807, 2.05) is 6.08 Å². The van der Waals surface area contributed by atoms with E-state index in [9.17, 15) is 5.11 Å². The predicted molar refractivity (Wildman–Crippen MR) is 109 cm³/mol. The molecule has 2 nitrogen and oxygen atoms in total. The van der Waals surface area contributed by atoms with Crippen molar-refractivity contribution in [3.8, 4) is 0 Å². The highest BCUT2D eigenvalue weighted by Gasteiger charge is 2.49. The molecule has 0 aliphatic carbocycles. The minimum Gasteiger partial charge on any atom is -0.404 e. The second-order valence-electron chi connectivity index (χ2n) is 7.35. The van der Waals surface area contributed by atoms with Crippen LogP contribution in [0.1, 0.15) is 34.1 Å². The van der Waals surface area contributed by atoms with Gasteiger partial charge < -0.3 is 9.53 Å². The minimum absolute atomic E-state index is 0.0187. The fourth-order valence-corrected chi connectivity index (χ4v) is 7.86. The lowest BCUT2D eigenvalue weighted by Gasteiger charge is -2.42. The van der Waals surface area contributed by atoms with Crippen molar-refractivity contribution in [2.75, 3.05) is 13.2 Å². The maximum absolute atomic E-state index is 9.44. The van der Waals surface area contributed by atoms with Gasteiger partial charge in [0.05, 0.1) is 13.2 Å². The average molecular weight is 355 g/mol. The Morgan fingerprint density at radius 2 is 1.44 bits per heavy atom. The molecule has 2 aromatic rings. The van der Waals surface area contributed by atoms with E-state index in [4.69, 9.17) is 4.43 Å². The smallest absolute Gasteiger partial charge is 0.261 e. The van der Waals surface area contributed by atoms with Crippen molar-refractivity contribution < 1.29 is 9.53 Å². The molecule has 0 aliphatic heterocycles. The highest BCUT2D eigenvalue weighted by atomic mass is 28.4. The maximum atomic E-state index is 9.44. The van der Waals surface area contributed by atoms with Gasteiger partial charge in [0.15, 0.2) is 0 Å². The fraction of sp³-hybridized carbons (Fsp3) is 0.364. The van der Waals surface area contributed by atoms with Crippen LogP contribution < -0.4 is 10.4 Å². The van der Waals surface area contributed by atoms with E-state index in [2.05, 4.69) is 88.4 Å². The molecular formula is C22H30O2Si. The minimum atomic E-state index is -2.47. The fourth-order valence-electron chi connectivity index (χ4n) is 3.37. The Kier molecular flexibility index (Phi) is 6.76. The van der Waals surface area contributed by atoms with Crippen molar-refractivity contribution in [2.24, 2.45) is 0 Å². The topological polar surface area (TPSA) is 29.5 Å².